The Bertz CT molecular complexity index is 404. The van der Waals surface area contributed by atoms with Crippen LogP contribution in [0.5, 0.6) is 0 Å². The van der Waals surface area contributed by atoms with Crippen LogP contribution in [0.2, 0.25) is 0 Å². The maximum absolute atomic E-state index is 10.5. The normalized spacial score (nSPS) is 8.87. The van der Waals surface area contributed by atoms with Gasteiger partial charge in [-0.25, -0.2) is 4.79 Å². The summed E-state index contributed by atoms with van der Waals surface area (Å²) in [6, 6.07) is 7.00. The average molecular weight is 203 g/mol. The number of rotatable bonds is 2. The molecule has 0 saturated carbocycles. The molecule has 0 heterocycles. The van der Waals surface area contributed by atoms with Crippen molar-refractivity contribution in [1.82, 2.24) is 5.32 Å². The van der Waals surface area contributed by atoms with Crippen molar-refractivity contribution in [3.63, 3.8) is 0 Å². The van der Waals surface area contributed by atoms with E-state index in [-0.39, 0.29) is 0 Å². The Kier molecular flexibility index (Phi) is 4.20. The van der Waals surface area contributed by atoms with Gasteiger partial charge in [0.25, 0.3) is 0 Å². The van der Waals surface area contributed by atoms with Crippen LogP contribution in [-0.2, 0) is 6.54 Å². The molecule has 0 aliphatic heterocycles. The van der Waals surface area contributed by atoms with Gasteiger partial charge in [-0.2, -0.15) is 0 Å². The zero-order valence-corrected chi connectivity index (χ0v) is 8.29. The van der Waals surface area contributed by atoms with Gasteiger partial charge in [0.15, 0.2) is 0 Å². The van der Waals surface area contributed by atoms with Crippen LogP contribution in [-0.4, -0.2) is 12.6 Å². The van der Waals surface area contributed by atoms with E-state index in [1.54, 1.807) is 0 Å². The lowest BCUT2D eigenvalue weighted by molar-refractivity contribution is 0.248. The summed E-state index contributed by atoms with van der Waals surface area (Å²) < 4.78 is 0. The summed E-state index contributed by atoms with van der Waals surface area (Å²) in [7, 11) is 0. The van der Waals surface area contributed by atoms with Gasteiger partial charge in [0.05, 0.1) is 6.54 Å². The number of nitrogens with one attached hydrogen (secondary N) is 1. The van der Waals surface area contributed by atoms with E-state index in [1.165, 1.54) is 0 Å². The molecule has 0 atom stereocenters. The summed E-state index contributed by atoms with van der Waals surface area (Å²) in [4.78, 5) is 10.5. The minimum absolute atomic E-state index is 0.337. The predicted molar refractivity (Wildman–Crippen MR) is 58.8 cm³/mol. The van der Waals surface area contributed by atoms with Gasteiger partial charge in [-0.15, -0.1) is 0 Å². The van der Waals surface area contributed by atoms with Crippen LogP contribution < -0.4 is 16.8 Å². The maximum Gasteiger partial charge on any atom is 0.312 e. The number of hydrogen-bond donors (Lipinski definition) is 3. The van der Waals surface area contributed by atoms with E-state index >= 15 is 0 Å². The molecule has 1 aromatic rings. The first-order valence-electron chi connectivity index (χ1n) is 4.53. The highest BCUT2D eigenvalue weighted by molar-refractivity contribution is 5.71. The van der Waals surface area contributed by atoms with E-state index in [9.17, 15) is 4.79 Å². The van der Waals surface area contributed by atoms with Gasteiger partial charge in [0.1, 0.15) is 0 Å². The number of urea groups is 1. The van der Waals surface area contributed by atoms with Crippen LogP contribution in [0.25, 0.3) is 0 Å². The van der Waals surface area contributed by atoms with Crippen molar-refractivity contribution in [1.29, 1.82) is 0 Å². The van der Waals surface area contributed by atoms with E-state index in [1.807, 2.05) is 24.3 Å². The van der Waals surface area contributed by atoms with Crippen LogP contribution in [0.1, 0.15) is 11.1 Å². The molecule has 0 bridgehead atoms. The Morgan fingerprint density at radius 2 is 2.27 bits per heavy atom. The van der Waals surface area contributed by atoms with Crippen molar-refractivity contribution in [2.24, 2.45) is 11.5 Å². The van der Waals surface area contributed by atoms with E-state index < -0.39 is 6.03 Å². The van der Waals surface area contributed by atoms with Crippen LogP contribution >= 0.6 is 0 Å². The Morgan fingerprint density at radius 1 is 1.47 bits per heavy atom. The van der Waals surface area contributed by atoms with Gasteiger partial charge in [-0.3, -0.25) is 0 Å². The molecule has 1 aromatic carbocycles. The number of amides is 2. The van der Waals surface area contributed by atoms with Gasteiger partial charge >= 0.3 is 6.03 Å². The molecular weight excluding hydrogens is 190 g/mol. The molecular formula is C11H13N3O. The van der Waals surface area contributed by atoms with Crippen molar-refractivity contribution < 1.29 is 4.79 Å². The van der Waals surface area contributed by atoms with E-state index in [2.05, 4.69) is 17.2 Å². The minimum atomic E-state index is -0.534. The topological polar surface area (TPSA) is 81.1 Å². The highest BCUT2D eigenvalue weighted by Crippen LogP contribution is 2.03. The fraction of sp³-hybridized carbons (Fsp3) is 0.182. The molecule has 0 aromatic heterocycles. The quantitative estimate of drug-likeness (QED) is 0.599. The fourth-order valence-electron chi connectivity index (χ4n) is 1.10. The molecule has 0 unspecified atom stereocenters. The Morgan fingerprint density at radius 3 is 2.93 bits per heavy atom. The van der Waals surface area contributed by atoms with Gasteiger partial charge in [0.2, 0.25) is 0 Å². The van der Waals surface area contributed by atoms with Crippen LogP contribution in [0.15, 0.2) is 24.3 Å². The van der Waals surface area contributed by atoms with Crippen molar-refractivity contribution >= 4 is 6.03 Å². The molecule has 4 nitrogen and oxygen atoms in total. The fourth-order valence-corrected chi connectivity index (χ4v) is 1.10. The molecule has 0 aliphatic carbocycles. The third-order valence-corrected chi connectivity index (χ3v) is 1.73. The third-order valence-electron chi connectivity index (χ3n) is 1.73. The van der Waals surface area contributed by atoms with Crippen LogP contribution in [0.4, 0.5) is 4.79 Å². The summed E-state index contributed by atoms with van der Waals surface area (Å²) in [5.41, 5.74) is 12.1. The Hall–Kier alpha value is -1.99. The molecule has 15 heavy (non-hydrogen) atoms. The summed E-state index contributed by atoms with van der Waals surface area (Å²) >= 11 is 0. The highest BCUT2D eigenvalue weighted by Gasteiger charge is 1.95. The number of hydrogen-bond acceptors (Lipinski definition) is 2. The highest BCUT2D eigenvalue weighted by atomic mass is 16.2. The molecule has 2 amide bonds. The van der Waals surface area contributed by atoms with Crippen molar-refractivity contribution in [3.05, 3.63) is 35.4 Å². The largest absolute Gasteiger partial charge is 0.352 e. The molecule has 0 saturated heterocycles. The lowest BCUT2D eigenvalue weighted by atomic mass is 10.1. The number of nitrogens with two attached hydrogens (primary N) is 2. The van der Waals surface area contributed by atoms with E-state index in [0.29, 0.717) is 13.1 Å². The van der Waals surface area contributed by atoms with Crippen molar-refractivity contribution in [3.8, 4) is 11.8 Å². The zero-order valence-electron chi connectivity index (χ0n) is 8.29. The van der Waals surface area contributed by atoms with Crippen LogP contribution in [0, 0.1) is 11.8 Å². The Labute approximate surface area is 88.6 Å². The number of carbonyl (C=O) groups excluding carboxylic acids is 1. The second-order valence-electron chi connectivity index (χ2n) is 2.92. The predicted octanol–water partition coefficient (Wildman–Crippen LogP) is 0.165. The van der Waals surface area contributed by atoms with E-state index in [0.717, 1.165) is 11.1 Å². The first-order chi connectivity index (χ1) is 7.22. The average Bonchev–Trinajstić information content (AvgIpc) is 2.24. The SMILES string of the molecule is NCC#Cc1cccc(CNC(N)=O)c1. The summed E-state index contributed by atoms with van der Waals surface area (Å²) in [6.45, 7) is 0.747. The monoisotopic (exact) mass is 203 g/mol. The maximum atomic E-state index is 10.5. The number of benzene rings is 1. The van der Waals surface area contributed by atoms with Gasteiger partial charge in [0, 0.05) is 12.1 Å². The first kappa shape index (κ1) is 11.1. The lowest BCUT2D eigenvalue weighted by Crippen LogP contribution is -2.28. The molecule has 1 rings (SSSR count). The smallest absolute Gasteiger partial charge is 0.312 e. The summed E-state index contributed by atoms with van der Waals surface area (Å²) in [5.74, 6) is 5.68. The summed E-state index contributed by atoms with van der Waals surface area (Å²) in [5, 5.41) is 2.51. The van der Waals surface area contributed by atoms with E-state index in [4.69, 9.17) is 11.5 Å². The number of primary amides is 1. The second kappa shape index (κ2) is 5.68. The van der Waals surface area contributed by atoms with Crippen molar-refractivity contribution in [2.45, 2.75) is 6.54 Å². The minimum Gasteiger partial charge on any atom is -0.352 e. The molecule has 0 aliphatic rings. The third kappa shape index (κ3) is 4.16. The molecule has 0 spiro atoms. The molecule has 5 N–H and O–H groups in total. The second-order valence-corrected chi connectivity index (χ2v) is 2.92. The molecule has 78 valence electrons. The van der Waals surface area contributed by atoms with Gasteiger partial charge < -0.3 is 16.8 Å². The zero-order chi connectivity index (χ0) is 11.1. The van der Waals surface area contributed by atoms with Gasteiger partial charge in [-0.05, 0) is 17.7 Å². The molecule has 4 heteroatoms. The lowest BCUT2D eigenvalue weighted by Gasteiger charge is -2.02. The first-order valence-corrected chi connectivity index (χ1v) is 4.53. The summed E-state index contributed by atoms with van der Waals surface area (Å²) in [6.07, 6.45) is 0. The van der Waals surface area contributed by atoms with Gasteiger partial charge in [-0.1, -0.05) is 24.0 Å². The standard InChI is InChI=1S/C11H13N3O/c12-6-2-5-9-3-1-4-10(7-9)8-14-11(13)15/h1,3-4,7H,6,8,12H2,(H3,13,14,15). The van der Waals surface area contributed by atoms with Crippen LogP contribution in [0.3, 0.4) is 0 Å². The number of carbonyl (C=O) groups is 1. The Balaban J connectivity index is 2.69. The molecule has 0 fully saturated rings. The van der Waals surface area contributed by atoms with Crippen molar-refractivity contribution in [2.75, 3.05) is 6.54 Å². The molecule has 0 radical (unpaired) electrons.